The first kappa shape index (κ1) is 10.5. The van der Waals surface area contributed by atoms with Gasteiger partial charge in [0.15, 0.2) is 11.5 Å². The molecule has 82 valence electrons. The maximum absolute atomic E-state index is 11.2. The van der Waals surface area contributed by atoms with Crippen LogP contribution in [0, 0.1) is 6.92 Å². The van der Waals surface area contributed by atoms with E-state index in [0.717, 1.165) is 11.1 Å². The molecule has 0 aliphatic heterocycles. The summed E-state index contributed by atoms with van der Waals surface area (Å²) in [6, 6.07) is 3.56. The predicted octanol–water partition coefficient (Wildman–Crippen LogP) is 3.29. The van der Waals surface area contributed by atoms with Gasteiger partial charge in [-0.15, -0.1) is 0 Å². The molecule has 0 saturated heterocycles. The summed E-state index contributed by atoms with van der Waals surface area (Å²) in [5, 5.41) is 10.4. The van der Waals surface area contributed by atoms with Crippen molar-refractivity contribution in [3.8, 4) is 5.75 Å². The lowest BCUT2D eigenvalue weighted by molar-refractivity contribution is 0.0985. The standard InChI is InChI=1S/C13H12O3/c1-4-9-6-10-11(5-7(9)2)16-13(8(3)14)12(10)15/h4-6,15H,1H2,2-3H3. The van der Waals surface area contributed by atoms with E-state index < -0.39 is 0 Å². The number of furan rings is 1. The van der Waals surface area contributed by atoms with E-state index in [1.165, 1.54) is 6.92 Å². The van der Waals surface area contributed by atoms with Crippen molar-refractivity contribution in [1.82, 2.24) is 0 Å². The van der Waals surface area contributed by atoms with Crippen molar-refractivity contribution < 1.29 is 14.3 Å². The van der Waals surface area contributed by atoms with Gasteiger partial charge in [-0.2, -0.15) is 0 Å². The Kier molecular flexibility index (Phi) is 2.31. The Bertz CT molecular complexity index is 591. The highest BCUT2D eigenvalue weighted by Crippen LogP contribution is 2.34. The highest BCUT2D eigenvalue weighted by molar-refractivity contribution is 6.01. The van der Waals surface area contributed by atoms with Gasteiger partial charge in [0.2, 0.25) is 5.76 Å². The van der Waals surface area contributed by atoms with E-state index >= 15 is 0 Å². The number of carbonyl (C=O) groups is 1. The predicted molar refractivity (Wildman–Crippen MR) is 62.7 cm³/mol. The van der Waals surface area contributed by atoms with Gasteiger partial charge in [-0.1, -0.05) is 12.7 Å². The summed E-state index contributed by atoms with van der Waals surface area (Å²) < 4.78 is 5.31. The zero-order chi connectivity index (χ0) is 11.9. The lowest BCUT2D eigenvalue weighted by Crippen LogP contribution is -1.87. The van der Waals surface area contributed by atoms with Crippen LogP contribution >= 0.6 is 0 Å². The summed E-state index contributed by atoms with van der Waals surface area (Å²) >= 11 is 0. The molecular formula is C13H12O3. The fraction of sp³-hybridized carbons (Fsp3) is 0.154. The lowest BCUT2D eigenvalue weighted by Gasteiger charge is -1.98. The van der Waals surface area contributed by atoms with Crippen LogP contribution < -0.4 is 0 Å². The van der Waals surface area contributed by atoms with Gasteiger partial charge in [-0.3, -0.25) is 4.79 Å². The molecule has 1 aromatic heterocycles. The van der Waals surface area contributed by atoms with Gasteiger partial charge in [-0.05, 0) is 30.2 Å². The number of benzene rings is 1. The molecule has 1 N–H and O–H groups in total. The number of aromatic hydroxyl groups is 1. The minimum Gasteiger partial charge on any atom is -0.504 e. The maximum Gasteiger partial charge on any atom is 0.212 e. The molecule has 0 bridgehead atoms. The van der Waals surface area contributed by atoms with Crippen LogP contribution in [0.5, 0.6) is 5.75 Å². The molecule has 2 rings (SSSR count). The van der Waals surface area contributed by atoms with Gasteiger partial charge >= 0.3 is 0 Å². The quantitative estimate of drug-likeness (QED) is 0.783. The molecule has 1 aromatic carbocycles. The monoisotopic (exact) mass is 216 g/mol. The average molecular weight is 216 g/mol. The van der Waals surface area contributed by atoms with E-state index in [4.69, 9.17) is 4.42 Å². The van der Waals surface area contributed by atoms with Crippen LogP contribution in [-0.4, -0.2) is 10.9 Å². The molecule has 0 radical (unpaired) electrons. The van der Waals surface area contributed by atoms with Gasteiger partial charge in [0.1, 0.15) is 5.58 Å². The Morgan fingerprint density at radius 1 is 1.50 bits per heavy atom. The molecule has 0 aliphatic rings. The van der Waals surface area contributed by atoms with E-state index in [1.54, 1.807) is 18.2 Å². The Morgan fingerprint density at radius 3 is 2.75 bits per heavy atom. The Hall–Kier alpha value is -2.03. The first-order valence-corrected chi connectivity index (χ1v) is 4.94. The van der Waals surface area contributed by atoms with Crippen molar-refractivity contribution in [3.63, 3.8) is 0 Å². The highest BCUT2D eigenvalue weighted by Gasteiger charge is 2.17. The molecule has 0 unspecified atom stereocenters. The number of aryl methyl sites for hydroxylation is 1. The molecule has 16 heavy (non-hydrogen) atoms. The third kappa shape index (κ3) is 1.41. The topological polar surface area (TPSA) is 50.4 Å². The van der Waals surface area contributed by atoms with Gasteiger partial charge in [0.05, 0.1) is 5.39 Å². The van der Waals surface area contributed by atoms with E-state index in [0.29, 0.717) is 11.0 Å². The summed E-state index contributed by atoms with van der Waals surface area (Å²) in [4.78, 5) is 11.2. The third-order valence-corrected chi connectivity index (χ3v) is 2.59. The second-order valence-electron chi connectivity index (χ2n) is 3.75. The molecule has 0 saturated carbocycles. The number of rotatable bonds is 2. The molecule has 0 spiro atoms. The molecule has 3 nitrogen and oxygen atoms in total. The number of carbonyl (C=O) groups excluding carboxylic acids is 1. The largest absolute Gasteiger partial charge is 0.504 e. The van der Waals surface area contributed by atoms with Crippen LogP contribution in [-0.2, 0) is 0 Å². The van der Waals surface area contributed by atoms with Crippen LogP contribution in [0.15, 0.2) is 23.1 Å². The molecule has 1 heterocycles. The zero-order valence-electron chi connectivity index (χ0n) is 9.20. The third-order valence-electron chi connectivity index (χ3n) is 2.59. The number of hydrogen-bond acceptors (Lipinski definition) is 3. The normalized spacial score (nSPS) is 10.6. The van der Waals surface area contributed by atoms with E-state index in [2.05, 4.69) is 6.58 Å². The minimum absolute atomic E-state index is 0.00983. The molecule has 0 amide bonds. The van der Waals surface area contributed by atoms with Crippen molar-refractivity contribution in [2.75, 3.05) is 0 Å². The van der Waals surface area contributed by atoms with E-state index in [1.807, 2.05) is 6.92 Å². The van der Waals surface area contributed by atoms with Crippen molar-refractivity contribution in [3.05, 3.63) is 35.6 Å². The Morgan fingerprint density at radius 2 is 2.19 bits per heavy atom. The lowest BCUT2D eigenvalue weighted by atomic mass is 10.1. The van der Waals surface area contributed by atoms with Crippen molar-refractivity contribution in [2.24, 2.45) is 0 Å². The fourth-order valence-electron chi connectivity index (χ4n) is 1.71. The summed E-state index contributed by atoms with van der Waals surface area (Å²) in [6.07, 6.45) is 1.70. The Labute approximate surface area is 93.0 Å². The molecule has 3 heteroatoms. The van der Waals surface area contributed by atoms with Crippen LogP contribution in [0.25, 0.3) is 17.0 Å². The first-order valence-electron chi connectivity index (χ1n) is 4.94. The van der Waals surface area contributed by atoms with Crippen molar-refractivity contribution in [1.29, 1.82) is 0 Å². The van der Waals surface area contributed by atoms with Crippen LogP contribution in [0.1, 0.15) is 28.6 Å². The fourth-order valence-corrected chi connectivity index (χ4v) is 1.71. The number of fused-ring (bicyclic) bond motifs is 1. The van der Waals surface area contributed by atoms with Gasteiger partial charge in [-0.25, -0.2) is 0 Å². The minimum atomic E-state index is -0.286. The summed E-state index contributed by atoms with van der Waals surface area (Å²) in [5.74, 6) is -0.368. The van der Waals surface area contributed by atoms with Crippen LogP contribution in [0.4, 0.5) is 0 Å². The molecular weight excluding hydrogens is 204 g/mol. The van der Waals surface area contributed by atoms with E-state index in [9.17, 15) is 9.90 Å². The summed E-state index contributed by atoms with van der Waals surface area (Å²) in [5.41, 5.74) is 2.43. The second kappa shape index (κ2) is 3.52. The Balaban J connectivity index is 2.82. The van der Waals surface area contributed by atoms with E-state index in [-0.39, 0.29) is 17.3 Å². The first-order chi connectivity index (χ1) is 7.54. The summed E-state index contributed by atoms with van der Waals surface area (Å²) in [6.45, 7) is 6.97. The van der Waals surface area contributed by atoms with Crippen molar-refractivity contribution >= 4 is 22.8 Å². The molecule has 2 aromatic rings. The average Bonchev–Trinajstić information content (AvgIpc) is 2.54. The summed E-state index contributed by atoms with van der Waals surface area (Å²) in [7, 11) is 0. The SMILES string of the molecule is C=Cc1cc2c(O)c(C(C)=O)oc2cc1C. The van der Waals surface area contributed by atoms with Gasteiger partial charge in [0, 0.05) is 6.92 Å². The molecule has 0 atom stereocenters. The van der Waals surface area contributed by atoms with Gasteiger partial charge < -0.3 is 9.52 Å². The number of hydrogen-bond donors (Lipinski definition) is 1. The van der Waals surface area contributed by atoms with Gasteiger partial charge in [0.25, 0.3) is 0 Å². The highest BCUT2D eigenvalue weighted by atomic mass is 16.4. The smallest absolute Gasteiger partial charge is 0.212 e. The maximum atomic E-state index is 11.2. The zero-order valence-corrected chi connectivity index (χ0v) is 9.20. The van der Waals surface area contributed by atoms with Crippen LogP contribution in [0.2, 0.25) is 0 Å². The van der Waals surface area contributed by atoms with Crippen LogP contribution in [0.3, 0.4) is 0 Å². The number of Topliss-reactive ketones (excluding diaryl/α,β-unsaturated/α-hetero) is 1. The van der Waals surface area contributed by atoms with Crippen molar-refractivity contribution in [2.45, 2.75) is 13.8 Å². The second-order valence-corrected chi connectivity index (χ2v) is 3.75. The number of ketones is 1. The molecule has 0 aliphatic carbocycles. The molecule has 0 fully saturated rings.